The Bertz CT molecular complexity index is 1400. The van der Waals surface area contributed by atoms with Gasteiger partial charge in [0.1, 0.15) is 11.8 Å². The van der Waals surface area contributed by atoms with Gasteiger partial charge in [-0.3, -0.25) is 4.57 Å². The summed E-state index contributed by atoms with van der Waals surface area (Å²) in [6, 6.07) is 20.8. The summed E-state index contributed by atoms with van der Waals surface area (Å²) in [7, 11) is 0. The molecule has 0 aliphatic rings. The summed E-state index contributed by atoms with van der Waals surface area (Å²) in [5.74, 6) is 0.639. The first kappa shape index (κ1) is 18.2. The molecule has 0 atom stereocenters. The van der Waals surface area contributed by atoms with Gasteiger partial charge in [-0.05, 0) is 60.4 Å². The molecule has 0 amide bonds. The minimum absolute atomic E-state index is 0.358. The molecule has 30 heavy (non-hydrogen) atoms. The van der Waals surface area contributed by atoms with Gasteiger partial charge in [0.25, 0.3) is 0 Å². The quantitative estimate of drug-likeness (QED) is 0.385. The first-order valence-corrected chi connectivity index (χ1v) is 10.4. The Morgan fingerprint density at radius 3 is 2.43 bits per heavy atom. The Labute approximate surface area is 177 Å². The maximum atomic E-state index is 9.48. The number of nitrogens with zero attached hydrogens (tertiary/aromatic N) is 5. The van der Waals surface area contributed by atoms with Gasteiger partial charge in [0, 0.05) is 6.20 Å². The van der Waals surface area contributed by atoms with Crippen molar-refractivity contribution >= 4 is 21.7 Å². The summed E-state index contributed by atoms with van der Waals surface area (Å²) in [6.07, 6.45) is 1.78. The fraction of sp³-hybridized carbons (Fsp3) is 0.0833. The van der Waals surface area contributed by atoms with Gasteiger partial charge in [-0.2, -0.15) is 5.26 Å². The fourth-order valence-corrected chi connectivity index (χ4v) is 4.41. The molecular weight excluding hydrogens is 390 g/mol. The average Bonchev–Trinajstić information content (AvgIpc) is 3.40. The van der Waals surface area contributed by atoms with E-state index in [1.165, 1.54) is 11.1 Å². The number of hydrogen-bond donors (Lipinski definition) is 0. The number of imidazole rings is 1. The number of nitriles is 1. The monoisotopic (exact) mass is 407 g/mol. The van der Waals surface area contributed by atoms with Crippen LogP contribution in [0.25, 0.3) is 38.7 Å². The molecule has 0 aliphatic carbocycles. The zero-order valence-corrected chi connectivity index (χ0v) is 17.3. The van der Waals surface area contributed by atoms with Crippen molar-refractivity contribution in [2.75, 3.05) is 0 Å². The molecule has 3 aromatic heterocycles. The van der Waals surface area contributed by atoms with E-state index in [0.717, 1.165) is 21.5 Å². The lowest BCUT2D eigenvalue weighted by Crippen LogP contribution is -2.03. The van der Waals surface area contributed by atoms with Crippen molar-refractivity contribution in [1.82, 2.24) is 19.5 Å². The lowest BCUT2D eigenvalue weighted by molar-refractivity contribution is 1.02. The second kappa shape index (κ2) is 7.21. The lowest BCUT2D eigenvalue weighted by Gasteiger charge is -2.16. The maximum Gasteiger partial charge on any atom is 0.170 e. The van der Waals surface area contributed by atoms with E-state index in [1.54, 1.807) is 23.0 Å². The van der Waals surface area contributed by atoms with E-state index in [0.29, 0.717) is 22.9 Å². The van der Waals surface area contributed by atoms with Crippen LogP contribution >= 0.6 is 11.3 Å². The highest BCUT2D eigenvalue weighted by atomic mass is 32.1. The van der Waals surface area contributed by atoms with E-state index < -0.39 is 0 Å². The smallest absolute Gasteiger partial charge is 0.170 e. The second-order valence-electron chi connectivity index (χ2n) is 7.13. The van der Waals surface area contributed by atoms with Gasteiger partial charge >= 0.3 is 0 Å². The predicted octanol–water partition coefficient (Wildman–Crippen LogP) is 5.70. The van der Waals surface area contributed by atoms with Crippen LogP contribution in [0.4, 0.5) is 0 Å². The first-order valence-electron chi connectivity index (χ1n) is 9.51. The summed E-state index contributed by atoms with van der Waals surface area (Å²) >= 11 is 1.55. The highest BCUT2D eigenvalue weighted by molar-refractivity contribution is 7.16. The number of thiazole rings is 1. The Hall–Kier alpha value is -3.82. The van der Waals surface area contributed by atoms with Gasteiger partial charge in [-0.25, -0.2) is 15.0 Å². The molecule has 3 heterocycles. The van der Waals surface area contributed by atoms with Crippen LogP contribution in [0, 0.1) is 25.2 Å². The molecular formula is C24H17N5S. The van der Waals surface area contributed by atoms with Crippen LogP contribution in [0.1, 0.15) is 16.8 Å². The topological polar surface area (TPSA) is 67.4 Å². The Balaban J connectivity index is 1.69. The van der Waals surface area contributed by atoms with Crippen LogP contribution in [0.5, 0.6) is 0 Å². The van der Waals surface area contributed by atoms with Crippen molar-refractivity contribution in [3.05, 3.63) is 83.1 Å². The average molecular weight is 408 g/mol. The highest BCUT2D eigenvalue weighted by Gasteiger charge is 2.17. The Morgan fingerprint density at radius 1 is 0.933 bits per heavy atom. The molecule has 2 aromatic carbocycles. The van der Waals surface area contributed by atoms with Crippen LogP contribution in [0.3, 0.4) is 0 Å². The third kappa shape index (κ3) is 3.06. The molecule has 0 saturated heterocycles. The first-order chi connectivity index (χ1) is 14.6. The molecule has 0 fully saturated rings. The third-order valence-electron chi connectivity index (χ3n) is 5.08. The van der Waals surface area contributed by atoms with E-state index in [9.17, 15) is 5.26 Å². The number of fused-ring (bicyclic) bond motifs is 1. The number of rotatable bonds is 3. The number of aryl methyl sites for hydroxylation is 2. The van der Waals surface area contributed by atoms with Crippen molar-refractivity contribution < 1.29 is 0 Å². The number of aromatic nitrogens is 4. The fourth-order valence-electron chi connectivity index (χ4n) is 3.80. The predicted molar refractivity (Wildman–Crippen MR) is 120 cm³/mol. The highest BCUT2D eigenvalue weighted by Crippen LogP contribution is 2.31. The van der Waals surface area contributed by atoms with Gasteiger partial charge in [0.15, 0.2) is 17.2 Å². The van der Waals surface area contributed by atoms with Crippen molar-refractivity contribution in [3.8, 4) is 34.4 Å². The normalized spacial score (nSPS) is 11.0. The van der Waals surface area contributed by atoms with E-state index in [2.05, 4.69) is 59.1 Å². The summed E-state index contributed by atoms with van der Waals surface area (Å²) < 4.78 is 3.00. The SMILES string of the molecule is Cc1cc(-c2ccccc2)cc(C)c1-n1cc(C#N)nc1-c1ccc2scnc2n1. The Kier molecular flexibility index (Phi) is 4.38. The summed E-state index contributed by atoms with van der Waals surface area (Å²) in [4.78, 5) is 13.5. The van der Waals surface area contributed by atoms with Crippen LogP contribution in [0.2, 0.25) is 0 Å². The van der Waals surface area contributed by atoms with Gasteiger partial charge in [-0.15, -0.1) is 11.3 Å². The zero-order valence-electron chi connectivity index (χ0n) is 16.5. The van der Waals surface area contributed by atoms with Crippen LogP contribution < -0.4 is 0 Å². The minimum Gasteiger partial charge on any atom is -0.297 e. The van der Waals surface area contributed by atoms with Crippen LogP contribution in [-0.4, -0.2) is 19.5 Å². The molecule has 5 aromatic rings. The van der Waals surface area contributed by atoms with E-state index >= 15 is 0 Å². The molecule has 144 valence electrons. The molecule has 5 nitrogen and oxygen atoms in total. The molecule has 0 bridgehead atoms. The molecule has 0 radical (unpaired) electrons. The maximum absolute atomic E-state index is 9.48. The molecule has 0 aliphatic heterocycles. The van der Waals surface area contributed by atoms with Crippen LogP contribution in [-0.2, 0) is 0 Å². The van der Waals surface area contributed by atoms with Crippen LogP contribution in [0.15, 0.2) is 66.3 Å². The third-order valence-corrected chi connectivity index (χ3v) is 5.87. The lowest BCUT2D eigenvalue weighted by atomic mass is 9.98. The van der Waals surface area contributed by atoms with E-state index in [4.69, 9.17) is 0 Å². The number of pyridine rings is 1. The molecule has 0 unspecified atom stereocenters. The van der Waals surface area contributed by atoms with E-state index in [-0.39, 0.29) is 0 Å². The van der Waals surface area contributed by atoms with Gasteiger partial charge in [0.2, 0.25) is 0 Å². The summed E-state index contributed by atoms with van der Waals surface area (Å²) in [6.45, 7) is 4.17. The summed E-state index contributed by atoms with van der Waals surface area (Å²) in [5, 5.41) is 9.48. The molecule has 0 N–H and O–H groups in total. The molecule has 0 saturated carbocycles. The molecule has 0 spiro atoms. The van der Waals surface area contributed by atoms with Crippen molar-refractivity contribution in [1.29, 1.82) is 5.26 Å². The minimum atomic E-state index is 0.358. The molecule has 5 rings (SSSR count). The number of benzene rings is 2. The van der Waals surface area contributed by atoms with Gasteiger partial charge < -0.3 is 0 Å². The zero-order chi connectivity index (χ0) is 20.7. The standard InChI is InChI=1S/C24H17N5S/c1-15-10-18(17-6-4-3-5-7-17)11-16(2)22(15)29-13-19(12-25)27-24(29)20-8-9-21-23(28-20)26-14-30-21/h3-11,13-14H,1-2H3. The summed E-state index contributed by atoms with van der Waals surface area (Å²) in [5.41, 5.74) is 9.09. The van der Waals surface area contributed by atoms with Crippen molar-refractivity contribution in [3.63, 3.8) is 0 Å². The van der Waals surface area contributed by atoms with E-state index in [1.807, 2.05) is 34.9 Å². The second-order valence-corrected chi connectivity index (χ2v) is 8.01. The van der Waals surface area contributed by atoms with Gasteiger partial charge in [0.05, 0.1) is 15.9 Å². The van der Waals surface area contributed by atoms with Crippen molar-refractivity contribution in [2.45, 2.75) is 13.8 Å². The molecule has 6 heteroatoms. The number of hydrogen-bond acceptors (Lipinski definition) is 5. The largest absolute Gasteiger partial charge is 0.297 e. The Morgan fingerprint density at radius 2 is 1.70 bits per heavy atom. The van der Waals surface area contributed by atoms with Gasteiger partial charge in [-0.1, -0.05) is 30.3 Å². The van der Waals surface area contributed by atoms with Crippen molar-refractivity contribution in [2.24, 2.45) is 0 Å².